The first-order valence-electron chi connectivity index (χ1n) is 21.1. The van der Waals surface area contributed by atoms with E-state index in [1.54, 1.807) is 0 Å². The maximum atomic E-state index is 6.53. The zero-order chi connectivity index (χ0) is 40.1. The van der Waals surface area contributed by atoms with Crippen molar-refractivity contribution in [2.75, 3.05) is 4.90 Å². The highest BCUT2D eigenvalue weighted by Crippen LogP contribution is 2.58. The van der Waals surface area contributed by atoms with Gasteiger partial charge in [0.15, 0.2) is 0 Å². The van der Waals surface area contributed by atoms with Crippen molar-refractivity contribution in [3.8, 4) is 11.1 Å². The smallest absolute Gasteiger partial charge is 0.137 e. The number of nitrogens with zero attached hydrogens (tertiary/aromatic N) is 1. The van der Waals surface area contributed by atoms with Crippen LogP contribution in [0.3, 0.4) is 0 Å². The van der Waals surface area contributed by atoms with Gasteiger partial charge in [-0.25, -0.2) is 0 Å². The van der Waals surface area contributed by atoms with Crippen molar-refractivity contribution in [3.63, 3.8) is 0 Å². The molecule has 1 aliphatic carbocycles. The van der Waals surface area contributed by atoms with E-state index in [1.807, 2.05) is 6.07 Å². The molecule has 1 aromatic heterocycles. The Bertz CT molecular complexity index is 3680. The van der Waals surface area contributed by atoms with Gasteiger partial charge in [-0.3, -0.25) is 0 Å². The average Bonchev–Trinajstić information content (AvgIpc) is 3.85. The highest BCUT2D eigenvalue weighted by atomic mass is 16.3. The Hall–Kier alpha value is -7.94. The normalized spacial score (nSPS) is 13.0. The van der Waals surface area contributed by atoms with E-state index in [4.69, 9.17) is 4.42 Å². The van der Waals surface area contributed by atoms with Crippen LogP contribution in [0.25, 0.3) is 76.2 Å². The van der Waals surface area contributed by atoms with E-state index in [9.17, 15) is 0 Å². The summed E-state index contributed by atoms with van der Waals surface area (Å²) in [6, 6.07) is 82.6. The number of fused-ring (bicyclic) bond motifs is 12. The number of anilines is 3. The molecule has 0 N–H and O–H groups in total. The van der Waals surface area contributed by atoms with Gasteiger partial charge in [-0.2, -0.15) is 0 Å². The molecule has 0 aliphatic heterocycles. The summed E-state index contributed by atoms with van der Waals surface area (Å²) in [6.45, 7) is 0. The largest absolute Gasteiger partial charge is 0.456 e. The second-order valence-corrected chi connectivity index (χ2v) is 16.4. The molecule has 0 spiro atoms. The lowest BCUT2D eigenvalue weighted by molar-refractivity contribution is 0.669. The molecule has 1 heterocycles. The van der Waals surface area contributed by atoms with Gasteiger partial charge in [0.05, 0.1) is 11.1 Å². The molecular weight excluding hydrogens is 739 g/mol. The van der Waals surface area contributed by atoms with Crippen LogP contribution in [0.4, 0.5) is 17.1 Å². The van der Waals surface area contributed by atoms with Crippen molar-refractivity contribution in [1.82, 2.24) is 0 Å². The summed E-state index contributed by atoms with van der Waals surface area (Å²) >= 11 is 0. The van der Waals surface area contributed by atoms with Gasteiger partial charge in [-0.15, -0.1) is 0 Å². The van der Waals surface area contributed by atoms with Gasteiger partial charge in [-0.05, 0) is 114 Å². The van der Waals surface area contributed by atoms with Crippen molar-refractivity contribution < 1.29 is 4.42 Å². The van der Waals surface area contributed by atoms with E-state index in [2.05, 4.69) is 223 Å². The molecule has 0 fully saturated rings. The lowest BCUT2D eigenvalue weighted by Crippen LogP contribution is -2.29. The summed E-state index contributed by atoms with van der Waals surface area (Å²) in [6.07, 6.45) is 0. The zero-order valence-corrected chi connectivity index (χ0v) is 33.2. The monoisotopic (exact) mass is 775 g/mol. The van der Waals surface area contributed by atoms with Gasteiger partial charge in [-0.1, -0.05) is 176 Å². The minimum Gasteiger partial charge on any atom is -0.456 e. The first kappa shape index (κ1) is 34.0. The number of hydrogen-bond donors (Lipinski definition) is 0. The maximum Gasteiger partial charge on any atom is 0.137 e. The van der Waals surface area contributed by atoms with Gasteiger partial charge in [0.2, 0.25) is 0 Å². The molecular formula is C59H37NO. The van der Waals surface area contributed by atoms with E-state index >= 15 is 0 Å². The number of rotatable bonds is 5. The van der Waals surface area contributed by atoms with Gasteiger partial charge < -0.3 is 9.32 Å². The van der Waals surface area contributed by atoms with Crippen LogP contribution in [0.15, 0.2) is 229 Å². The molecule has 0 radical (unpaired) electrons. The van der Waals surface area contributed by atoms with Gasteiger partial charge in [0.1, 0.15) is 11.2 Å². The fraction of sp³-hybridized carbons (Fsp3) is 0.0169. The Labute approximate surface area is 353 Å². The molecule has 0 bridgehead atoms. The Morgan fingerprint density at radius 3 is 1.49 bits per heavy atom. The molecule has 61 heavy (non-hydrogen) atoms. The standard InChI is InChI=1S/C59H37NO/c1-3-17-43-38(15-1)35-55(47-21-7-5-19-45(43)47)59(53-26-12-9-22-48(53)49-23-10-13-27-54(49)59)40-29-31-41(32-30-40)60(42-33-34-52-51-25-11-14-28-57(51)61-58(52)37-42)56-36-39-16-2-4-18-44(39)46-20-6-8-24-50(46)56/h1-37H. The van der Waals surface area contributed by atoms with Crippen molar-refractivity contribution >= 4 is 82.1 Å². The fourth-order valence-corrected chi connectivity index (χ4v) is 10.7. The van der Waals surface area contributed by atoms with Crippen LogP contribution in [0.5, 0.6) is 0 Å². The maximum absolute atomic E-state index is 6.53. The molecule has 0 saturated heterocycles. The fourth-order valence-electron chi connectivity index (χ4n) is 10.7. The first-order chi connectivity index (χ1) is 30.3. The van der Waals surface area contributed by atoms with Gasteiger partial charge in [0, 0.05) is 33.6 Å². The lowest BCUT2D eigenvalue weighted by Gasteiger charge is -2.36. The Morgan fingerprint density at radius 2 is 0.803 bits per heavy atom. The predicted molar refractivity (Wildman–Crippen MR) is 256 cm³/mol. The van der Waals surface area contributed by atoms with E-state index in [1.165, 1.54) is 76.5 Å². The minimum absolute atomic E-state index is 0.580. The van der Waals surface area contributed by atoms with Crippen molar-refractivity contribution in [3.05, 3.63) is 247 Å². The van der Waals surface area contributed by atoms with Crippen LogP contribution in [0.2, 0.25) is 0 Å². The SMILES string of the molecule is c1ccc2c(c1)-c1ccccc1C2(c1ccc(N(c2ccc3c(c2)oc2ccccc23)c2cc3ccccc3c3ccccc23)cc1)c1cc2ccccc2c2ccccc12. The van der Waals surface area contributed by atoms with Crippen molar-refractivity contribution in [2.24, 2.45) is 0 Å². The van der Waals surface area contributed by atoms with E-state index in [-0.39, 0.29) is 0 Å². The summed E-state index contributed by atoms with van der Waals surface area (Å²) in [5, 5.41) is 12.1. The quantitative estimate of drug-likeness (QED) is 0.162. The molecule has 11 aromatic carbocycles. The summed E-state index contributed by atoms with van der Waals surface area (Å²) in [5.41, 5.74) is 12.1. The molecule has 0 saturated carbocycles. The van der Waals surface area contributed by atoms with Gasteiger partial charge >= 0.3 is 0 Å². The van der Waals surface area contributed by atoms with Crippen LogP contribution < -0.4 is 4.90 Å². The molecule has 12 aromatic rings. The Morgan fingerprint density at radius 1 is 0.311 bits per heavy atom. The topological polar surface area (TPSA) is 16.4 Å². The summed E-state index contributed by atoms with van der Waals surface area (Å²) in [5.74, 6) is 0. The molecule has 0 atom stereocenters. The molecule has 2 heteroatoms. The summed E-state index contributed by atoms with van der Waals surface area (Å²) in [7, 11) is 0. The molecule has 0 amide bonds. The van der Waals surface area contributed by atoms with E-state index in [0.717, 1.165) is 39.0 Å². The lowest BCUT2D eigenvalue weighted by atomic mass is 9.66. The van der Waals surface area contributed by atoms with E-state index in [0.29, 0.717) is 0 Å². The van der Waals surface area contributed by atoms with Crippen LogP contribution in [-0.4, -0.2) is 0 Å². The zero-order valence-electron chi connectivity index (χ0n) is 33.2. The van der Waals surface area contributed by atoms with Gasteiger partial charge in [0.25, 0.3) is 0 Å². The third-order valence-corrected chi connectivity index (χ3v) is 13.3. The third-order valence-electron chi connectivity index (χ3n) is 13.3. The van der Waals surface area contributed by atoms with Crippen LogP contribution in [0.1, 0.15) is 22.3 Å². The Balaban J connectivity index is 1.09. The third kappa shape index (κ3) is 4.85. The molecule has 1 aliphatic rings. The molecule has 13 rings (SSSR count). The molecule has 2 nitrogen and oxygen atoms in total. The number of hydrogen-bond acceptors (Lipinski definition) is 2. The number of furan rings is 1. The summed E-state index contributed by atoms with van der Waals surface area (Å²) in [4.78, 5) is 2.42. The number of benzene rings is 11. The van der Waals surface area contributed by atoms with Crippen LogP contribution >= 0.6 is 0 Å². The van der Waals surface area contributed by atoms with Crippen molar-refractivity contribution in [1.29, 1.82) is 0 Å². The second kappa shape index (κ2) is 13.0. The highest BCUT2D eigenvalue weighted by Gasteiger charge is 2.47. The van der Waals surface area contributed by atoms with E-state index < -0.39 is 5.41 Å². The van der Waals surface area contributed by atoms with Crippen LogP contribution in [-0.2, 0) is 5.41 Å². The first-order valence-corrected chi connectivity index (χ1v) is 21.1. The second-order valence-electron chi connectivity index (χ2n) is 16.4. The molecule has 0 unspecified atom stereocenters. The highest BCUT2D eigenvalue weighted by molar-refractivity contribution is 6.15. The average molecular weight is 776 g/mol. The van der Waals surface area contributed by atoms with Crippen molar-refractivity contribution in [2.45, 2.75) is 5.41 Å². The number of para-hydroxylation sites is 1. The predicted octanol–water partition coefficient (Wildman–Crippen LogP) is 16.0. The Kier molecular flexibility index (Phi) is 7.26. The summed E-state index contributed by atoms with van der Waals surface area (Å²) < 4.78 is 6.53. The molecule has 284 valence electrons. The minimum atomic E-state index is -0.580. The van der Waals surface area contributed by atoms with Crippen LogP contribution in [0, 0.1) is 0 Å².